The summed E-state index contributed by atoms with van der Waals surface area (Å²) in [5, 5.41) is 7.70. The second-order valence-corrected chi connectivity index (χ2v) is 19.5. The summed E-state index contributed by atoms with van der Waals surface area (Å²) >= 11 is 0. The van der Waals surface area contributed by atoms with E-state index in [2.05, 4.69) is 41.5 Å². The first-order valence-electron chi connectivity index (χ1n) is 24.4. The molecule has 0 saturated carbocycles. The van der Waals surface area contributed by atoms with Gasteiger partial charge in [0.15, 0.2) is 5.78 Å². The minimum atomic E-state index is -1.23. The zero-order valence-electron chi connectivity index (χ0n) is 41.7. The van der Waals surface area contributed by atoms with Crippen LogP contribution in [0.25, 0.3) is 29.1 Å². The zero-order chi connectivity index (χ0) is 47.1. The fourth-order valence-corrected chi connectivity index (χ4v) is 10.3. The summed E-state index contributed by atoms with van der Waals surface area (Å²) in [5.74, 6) is -0.630. The van der Waals surface area contributed by atoms with Crippen molar-refractivity contribution in [2.45, 2.75) is 159 Å². The molecule has 0 aromatic carbocycles. The van der Waals surface area contributed by atoms with Gasteiger partial charge in [-0.05, 0) is 89.5 Å². The molecule has 0 fully saturated rings. The maximum absolute atomic E-state index is 14.4. The number of ketones is 1. The topological polar surface area (TPSA) is 143 Å². The monoisotopic (exact) mass is 909 g/mol. The largest absolute Gasteiger partial charge is 2.00 e. The van der Waals surface area contributed by atoms with E-state index in [0.717, 1.165) is 63.9 Å². The molecule has 0 amide bonds. The minimum Gasteiger partial charge on any atom is -0.678 e. The minimum absolute atomic E-state index is 0. The molecule has 10 nitrogen and oxygen atoms in total. The van der Waals surface area contributed by atoms with Gasteiger partial charge in [0, 0.05) is 17.5 Å². The number of aromatic nitrogens is 3. The van der Waals surface area contributed by atoms with E-state index in [1.807, 2.05) is 52.0 Å². The second-order valence-electron chi connectivity index (χ2n) is 19.5. The molecular weight excluding hydrogens is 837 g/mol. The number of aldehydes is 1. The third kappa shape index (κ3) is 11.7. The molecule has 352 valence electrons. The molecule has 1 unspecified atom stereocenters. The Balaban J connectivity index is 0.00000817. The maximum Gasteiger partial charge on any atom is 2.00 e. The molecule has 1 aliphatic carbocycles. The Kier molecular flexibility index (Phi) is 18.8. The van der Waals surface area contributed by atoms with Gasteiger partial charge in [0.25, 0.3) is 0 Å². The second kappa shape index (κ2) is 23.6. The van der Waals surface area contributed by atoms with Crippen LogP contribution in [-0.4, -0.2) is 66.8 Å². The molecule has 11 heteroatoms. The van der Waals surface area contributed by atoms with Crippen molar-refractivity contribution < 1.29 is 28.7 Å². The summed E-state index contributed by atoms with van der Waals surface area (Å²) in [5.41, 5.74) is 8.72. The fourth-order valence-electron chi connectivity index (χ4n) is 10.3. The van der Waals surface area contributed by atoms with Crippen LogP contribution in [0, 0.1) is 43.4 Å². The van der Waals surface area contributed by atoms with Gasteiger partial charge in [-0.3, -0.25) is 19.2 Å². The van der Waals surface area contributed by atoms with E-state index in [-0.39, 0.29) is 53.8 Å². The van der Waals surface area contributed by atoms with Crippen molar-refractivity contribution in [3.05, 3.63) is 94.4 Å². The number of methoxy groups -OCH3 is 1. The normalized spacial score (nSPS) is 20.2. The van der Waals surface area contributed by atoms with Crippen LogP contribution in [0.15, 0.2) is 22.9 Å². The third-order valence-corrected chi connectivity index (χ3v) is 14.4. The Morgan fingerprint density at radius 1 is 0.788 bits per heavy atom. The van der Waals surface area contributed by atoms with Gasteiger partial charge < -0.3 is 29.7 Å². The van der Waals surface area contributed by atoms with E-state index in [4.69, 9.17) is 29.7 Å². The summed E-state index contributed by atoms with van der Waals surface area (Å²) in [4.78, 5) is 69.1. The first-order chi connectivity index (χ1) is 31.1. The van der Waals surface area contributed by atoms with Gasteiger partial charge in [0.05, 0.1) is 7.11 Å². The molecule has 0 N–H and O–H groups in total. The van der Waals surface area contributed by atoms with E-state index < -0.39 is 17.9 Å². The predicted molar refractivity (Wildman–Crippen MR) is 264 cm³/mol. The average Bonchev–Trinajstić information content (AvgIpc) is 4.02. The first kappa shape index (κ1) is 52.6. The van der Waals surface area contributed by atoms with Gasteiger partial charge in [-0.15, -0.1) is 38.5 Å². The van der Waals surface area contributed by atoms with Crippen LogP contribution >= 0.6 is 0 Å². The summed E-state index contributed by atoms with van der Waals surface area (Å²) in [6.07, 6.45) is 21.5. The van der Waals surface area contributed by atoms with Gasteiger partial charge in [-0.25, -0.2) is 0 Å². The number of carbonyl (C=O) groups is 4. The molecular formula is C55H72MgN4O6-2. The number of hydrogen-bond donors (Lipinski definition) is 0. The van der Waals surface area contributed by atoms with Crippen molar-refractivity contribution in [2.75, 3.05) is 13.7 Å². The number of rotatable bonds is 21. The van der Waals surface area contributed by atoms with Crippen LogP contribution in [0.5, 0.6) is 0 Å². The van der Waals surface area contributed by atoms with Crippen LogP contribution in [0.4, 0.5) is 0 Å². The first-order valence-corrected chi connectivity index (χ1v) is 24.4. The van der Waals surface area contributed by atoms with Crippen molar-refractivity contribution in [3.63, 3.8) is 0 Å². The standard InChI is InChI=1S/C55H73N4O6.Mg/c1-12-38-35(8)42-27-43-36(9)40(23-24-48(61)65-26-25-34(7)22-16-21-33(6)20-15-19-32(5)18-14-17-31(3)4)52(58-43)50-51(55(63)64-11)54(62)49-37(10)44(59-53(49)50)28-46-39(13-2)41(30-60)47(57-46)29-45(38)56-42;/h25,27-33,40,51-52H,12-24,26H2,1-11H3,(H-,56,57,60,62);/q-3;+2/p-1/b34-25+,42-27-;/t32-,33+,40+,51-,52?;/m1./s1. The molecule has 3 aliphatic rings. The molecule has 3 aromatic heterocycles. The summed E-state index contributed by atoms with van der Waals surface area (Å²) in [6, 6.07) is -0.676. The number of hydrogen-bond acceptors (Lipinski definition) is 6. The van der Waals surface area contributed by atoms with Crippen LogP contribution in [0.1, 0.15) is 180 Å². The average molecular weight is 910 g/mol. The number of Topliss-reactive ketones (excluding diaryl/α,β-unsaturated/α-hetero) is 1. The van der Waals surface area contributed by atoms with Crippen LogP contribution in [0.2, 0.25) is 0 Å². The van der Waals surface area contributed by atoms with Crippen molar-refractivity contribution in [1.82, 2.24) is 15.0 Å². The molecule has 5 atom stereocenters. The Morgan fingerprint density at radius 2 is 1.42 bits per heavy atom. The van der Waals surface area contributed by atoms with Gasteiger partial charge in [-0.2, -0.15) is 0 Å². The van der Waals surface area contributed by atoms with E-state index in [1.54, 1.807) is 0 Å². The Bertz CT molecular complexity index is 2580. The van der Waals surface area contributed by atoms with E-state index >= 15 is 0 Å². The molecule has 0 radical (unpaired) electrons. The number of ether oxygens (including phenoxy) is 2. The smallest absolute Gasteiger partial charge is 0.678 e. The Morgan fingerprint density at radius 3 is 2.06 bits per heavy atom. The van der Waals surface area contributed by atoms with E-state index in [1.165, 1.54) is 57.6 Å². The number of allylic oxidation sites excluding steroid dienone is 2. The molecule has 66 heavy (non-hydrogen) atoms. The SMILES string of the molecule is CCc1c2[n-]c(c1C=O)/C=c1\[n-]/c(c(C)c1CC)=C\C1=C(C)[C@H](CCC(=O)OC/C=C(\C)CCC[C@@H](C)CCC[C@H](C)CCCC(C)C)C([N-]1)C1=c3[n-]/c(c(C)c3C(=O)[C@@H]1C(=O)OC)=C\2.[Mg+2]. The summed E-state index contributed by atoms with van der Waals surface area (Å²) < 4.78 is 11.0. The molecule has 0 saturated heterocycles. The van der Waals surface area contributed by atoms with E-state index in [9.17, 15) is 19.2 Å². The molecule has 0 spiro atoms. The summed E-state index contributed by atoms with van der Waals surface area (Å²) in [7, 11) is 1.28. The van der Waals surface area contributed by atoms with Crippen molar-refractivity contribution in [2.24, 2.45) is 29.6 Å². The van der Waals surface area contributed by atoms with Crippen molar-refractivity contribution in [3.8, 4) is 0 Å². The number of nitrogens with zero attached hydrogens (tertiary/aromatic N) is 4. The third-order valence-electron chi connectivity index (χ3n) is 14.4. The van der Waals surface area contributed by atoms with Gasteiger partial charge in [0.2, 0.25) is 0 Å². The molecule has 8 bridgehead atoms. The number of fused-ring (bicyclic) bond motifs is 8. The van der Waals surface area contributed by atoms with Gasteiger partial charge in [-0.1, -0.05) is 150 Å². The van der Waals surface area contributed by atoms with Gasteiger partial charge >= 0.3 is 35.0 Å². The van der Waals surface area contributed by atoms with E-state index in [0.29, 0.717) is 75.2 Å². The maximum atomic E-state index is 14.4. The molecule has 6 rings (SSSR count). The molecule has 5 heterocycles. The van der Waals surface area contributed by atoms with Crippen LogP contribution in [-0.2, 0) is 31.9 Å². The predicted octanol–water partition coefficient (Wildman–Crippen LogP) is 7.67. The van der Waals surface area contributed by atoms with Crippen LogP contribution < -0.4 is 36.3 Å². The van der Waals surface area contributed by atoms with Crippen molar-refractivity contribution >= 4 is 70.9 Å². The Labute approximate surface area is 408 Å². The fraction of sp³-hybridized carbons (Fsp3) is 0.564. The molecule has 3 aromatic rings. The Hall–Kier alpha value is -4.35. The zero-order valence-corrected chi connectivity index (χ0v) is 43.1. The molecule has 2 aliphatic heterocycles. The number of carbonyl (C=O) groups excluding carboxylic acids is 4. The quantitative estimate of drug-likeness (QED) is 0.0346. The van der Waals surface area contributed by atoms with Gasteiger partial charge in [0.1, 0.15) is 18.8 Å². The van der Waals surface area contributed by atoms with Crippen LogP contribution in [0.3, 0.4) is 0 Å². The number of esters is 2. The summed E-state index contributed by atoms with van der Waals surface area (Å²) in [6.45, 7) is 21.6. The van der Waals surface area contributed by atoms with Crippen molar-refractivity contribution in [1.29, 1.82) is 0 Å².